The first kappa shape index (κ1) is 27.6. The fraction of sp³-hybridized carbons (Fsp3) is 0.667. The van der Waals surface area contributed by atoms with E-state index >= 15 is 0 Å². The zero-order chi connectivity index (χ0) is 23.7. The molecular weight excluding hydrogens is 396 g/mol. The molecule has 0 aliphatic heterocycles. The van der Waals surface area contributed by atoms with E-state index in [-0.39, 0.29) is 10.8 Å². The minimum absolute atomic E-state index is 0.213. The molecule has 0 aliphatic carbocycles. The van der Waals surface area contributed by atoms with E-state index in [0.29, 0.717) is 11.1 Å². The van der Waals surface area contributed by atoms with Crippen LogP contribution in [0.25, 0.3) is 0 Å². The molecule has 0 spiro atoms. The van der Waals surface area contributed by atoms with E-state index in [1.165, 1.54) is 13.8 Å². The molecule has 172 valence electrons. The smallest absolute Gasteiger partial charge is 0.401 e. The van der Waals surface area contributed by atoms with Crippen LogP contribution in [0.15, 0.2) is 23.3 Å². The second-order valence-electron chi connectivity index (χ2n) is 8.94. The van der Waals surface area contributed by atoms with Crippen molar-refractivity contribution in [3.8, 4) is 0 Å². The van der Waals surface area contributed by atoms with Gasteiger partial charge >= 0.3 is 18.1 Å². The molecule has 0 aromatic carbocycles. The van der Waals surface area contributed by atoms with Crippen molar-refractivity contribution < 1.29 is 43.4 Å². The molecule has 30 heavy (non-hydrogen) atoms. The number of hydrogen-bond acceptors (Lipinski definition) is 9. The van der Waals surface area contributed by atoms with Gasteiger partial charge in [0.2, 0.25) is 12.6 Å². The minimum Gasteiger partial charge on any atom is -0.401 e. The van der Waals surface area contributed by atoms with Crippen LogP contribution in [0.1, 0.15) is 69.2 Å². The summed E-state index contributed by atoms with van der Waals surface area (Å²) in [5.41, 5.74) is 0.264. The standard InChI is InChI=1S/C21H34O9/c1-13(11-20(5,6)7)17(22)29-27-15(3)25-19(24)26-16(4)28-30-18(23)14(2)12-21(8,9)10/h11-12,15-16H,1-10H3/b13-11-,14-12-. The highest BCUT2D eigenvalue weighted by Crippen LogP contribution is 2.19. The van der Waals surface area contributed by atoms with Crippen molar-refractivity contribution in [2.75, 3.05) is 0 Å². The molecule has 9 nitrogen and oxygen atoms in total. The van der Waals surface area contributed by atoms with Gasteiger partial charge < -0.3 is 9.47 Å². The van der Waals surface area contributed by atoms with E-state index in [9.17, 15) is 14.4 Å². The number of carbonyl (C=O) groups is 3. The molecule has 0 amide bonds. The molecule has 0 saturated carbocycles. The Morgan fingerprint density at radius 2 is 0.967 bits per heavy atom. The summed E-state index contributed by atoms with van der Waals surface area (Å²) >= 11 is 0. The predicted octanol–water partition coefficient (Wildman–Crippen LogP) is 4.77. The second-order valence-corrected chi connectivity index (χ2v) is 8.94. The van der Waals surface area contributed by atoms with Crippen LogP contribution in [0.3, 0.4) is 0 Å². The van der Waals surface area contributed by atoms with Gasteiger partial charge in [-0.2, -0.15) is 0 Å². The fourth-order valence-corrected chi connectivity index (χ4v) is 2.11. The van der Waals surface area contributed by atoms with Crippen LogP contribution in [0.5, 0.6) is 0 Å². The van der Waals surface area contributed by atoms with Gasteiger partial charge in [-0.1, -0.05) is 53.7 Å². The van der Waals surface area contributed by atoms with Crippen molar-refractivity contribution in [2.24, 2.45) is 10.8 Å². The molecule has 0 aliphatic rings. The molecule has 2 atom stereocenters. The van der Waals surface area contributed by atoms with Crippen LogP contribution >= 0.6 is 0 Å². The molecule has 0 N–H and O–H groups in total. The average molecular weight is 430 g/mol. The van der Waals surface area contributed by atoms with E-state index in [1.807, 2.05) is 41.5 Å². The topological polar surface area (TPSA) is 107 Å². The average Bonchev–Trinajstić information content (AvgIpc) is 2.54. The van der Waals surface area contributed by atoms with Crippen LogP contribution < -0.4 is 0 Å². The van der Waals surface area contributed by atoms with Crippen LogP contribution in [-0.2, 0) is 38.6 Å². The summed E-state index contributed by atoms with van der Waals surface area (Å²) < 4.78 is 9.52. The number of carbonyl (C=O) groups excluding carboxylic acids is 3. The Bertz CT molecular complexity index is 607. The predicted molar refractivity (Wildman–Crippen MR) is 107 cm³/mol. The van der Waals surface area contributed by atoms with Crippen molar-refractivity contribution in [2.45, 2.75) is 81.8 Å². The Hall–Kier alpha value is -2.39. The lowest BCUT2D eigenvalue weighted by atomic mass is 9.94. The Labute approximate surface area is 178 Å². The zero-order valence-corrected chi connectivity index (χ0v) is 19.5. The molecule has 0 radical (unpaired) electrons. The van der Waals surface area contributed by atoms with Crippen LogP contribution in [0.2, 0.25) is 0 Å². The largest absolute Gasteiger partial charge is 0.513 e. The lowest BCUT2D eigenvalue weighted by Gasteiger charge is -2.16. The third-order valence-electron chi connectivity index (χ3n) is 2.99. The SMILES string of the molecule is C/C(=C/C(C)(C)C)C(=O)OOC(C)OC(=O)OC(C)OOC(=O)/C(C)=C\C(C)(C)C. The third-order valence-corrected chi connectivity index (χ3v) is 2.99. The van der Waals surface area contributed by atoms with E-state index in [4.69, 9.17) is 19.2 Å². The van der Waals surface area contributed by atoms with Gasteiger partial charge in [0, 0.05) is 25.0 Å². The van der Waals surface area contributed by atoms with Gasteiger partial charge in [-0.05, 0) is 24.7 Å². The molecule has 0 heterocycles. The Morgan fingerprint density at radius 1 is 0.667 bits per heavy atom. The zero-order valence-electron chi connectivity index (χ0n) is 19.5. The normalized spacial score (nSPS) is 15.1. The van der Waals surface area contributed by atoms with Crippen molar-refractivity contribution in [1.82, 2.24) is 0 Å². The summed E-state index contributed by atoms with van der Waals surface area (Å²) in [5, 5.41) is 0. The maximum atomic E-state index is 11.8. The van der Waals surface area contributed by atoms with Crippen LogP contribution in [0, 0.1) is 10.8 Å². The van der Waals surface area contributed by atoms with Gasteiger partial charge in [0.25, 0.3) is 0 Å². The second kappa shape index (κ2) is 11.7. The first-order valence-electron chi connectivity index (χ1n) is 9.51. The maximum Gasteiger partial charge on any atom is 0.513 e. The van der Waals surface area contributed by atoms with Gasteiger partial charge in [-0.25, -0.2) is 14.4 Å². The number of rotatable bonds is 8. The summed E-state index contributed by atoms with van der Waals surface area (Å²) in [5.74, 6) is -1.42. The molecule has 0 fully saturated rings. The first-order valence-corrected chi connectivity index (χ1v) is 9.51. The summed E-state index contributed by atoms with van der Waals surface area (Å²) in [4.78, 5) is 54.0. The third kappa shape index (κ3) is 13.7. The molecule has 0 aromatic rings. The van der Waals surface area contributed by atoms with E-state index < -0.39 is 30.7 Å². The van der Waals surface area contributed by atoms with Crippen molar-refractivity contribution in [3.05, 3.63) is 23.3 Å². The van der Waals surface area contributed by atoms with Gasteiger partial charge in [0.1, 0.15) is 0 Å². The Morgan fingerprint density at radius 3 is 1.23 bits per heavy atom. The molecule has 0 bridgehead atoms. The highest BCUT2D eigenvalue weighted by molar-refractivity contribution is 5.87. The quantitative estimate of drug-likeness (QED) is 0.177. The molecule has 0 rings (SSSR count). The van der Waals surface area contributed by atoms with Crippen molar-refractivity contribution in [1.29, 1.82) is 0 Å². The summed E-state index contributed by atoms with van der Waals surface area (Å²) in [6.45, 7) is 17.4. The van der Waals surface area contributed by atoms with Gasteiger partial charge in [0.15, 0.2) is 0 Å². The molecule has 2 unspecified atom stereocenters. The highest BCUT2D eigenvalue weighted by Gasteiger charge is 2.20. The number of allylic oxidation sites excluding steroid dienone is 2. The number of hydrogen-bond donors (Lipinski definition) is 0. The summed E-state index contributed by atoms with van der Waals surface area (Å²) in [6.07, 6.45) is -0.216. The van der Waals surface area contributed by atoms with Crippen molar-refractivity contribution >= 4 is 18.1 Å². The Kier molecular flexibility index (Phi) is 10.8. The molecule has 9 heteroatoms. The van der Waals surface area contributed by atoms with Gasteiger partial charge in [-0.3, -0.25) is 9.78 Å². The van der Waals surface area contributed by atoms with Crippen LogP contribution in [-0.4, -0.2) is 30.7 Å². The van der Waals surface area contributed by atoms with Crippen molar-refractivity contribution in [3.63, 3.8) is 0 Å². The monoisotopic (exact) mass is 430 g/mol. The van der Waals surface area contributed by atoms with E-state index in [1.54, 1.807) is 26.0 Å². The molecule has 0 saturated heterocycles. The first-order chi connectivity index (χ1) is 13.5. The summed E-state index contributed by atoms with van der Waals surface area (Å²) in [6, 6.07) is 0. The minimum atomic E-state index is -1.24. The van der Waals surface area contributed by atoms with Crippen LogP contribution in [0.4, 0.5) is 4.79 Å². The van der Waals surface area contributed by atoms with Gasteiger partial charge in [0.05, 0.1) is 0 Å². The van der Waals surface area contributed by atoms with E-state index in [0.717, 1.165) is 0 Å². The maximum absolute atomic E-state index is 11.8. The van der Waals surface area contributed by atoms with E-state index in [2.05, 4.69) is 9.78 Å². The summed E-state index contributed by atoms with van der Waals surface area (Å²) in [7, 11) is 0. The number of ether oxygens (including phenoxy) is 2. The molecule has 0 aromatic heterocycles. The lowest BCUT2D eigenvalue weighted by molar-refractivity contribution is -0.350. The molecular formula is C21H34O9. The van der Waals surface area contributed by atoms with Gasteiger partial charge in [-0.15, -0.1) is 9.78 Å². The fourth-order valence-electron chi connectivity index (χ4n) is 2.11. The highest BCUT2D eigenvalue weighted by atomic mass is 17.2. The Balaban J connectivity index is 4.37. The lowest BCUT2D eigenvalue weighted by Crippen LogP contribution is -2.26.